The minimum absolute atomic E-state index is 0.128. The Hall–Kier alpha value is -4.21. The van der Waals surface area contributed by atoms with Crippen molar-refractivity contribution in [1.82, 2.24) is 15.3 Å². The molecular formula is C22H23N5O5. The van der Waals surface area contributed by atoms with E-state index in [1.807, 2.05) is 18.2 Å². The number of aromatic nitrogens is 2. The molecule has 1 heterocycles. The molecule has 0 radical (unpaired) electrons. The van der Waals surface area contributed by atoms with E-state index >= 15 is 0 Å². The highest BCUT2D eigenvalue weighted by molar-refractivity contribution is 5.96. The van der Waals surface area contributed by atoms with Crippen LogP contribution in [0.1, 0.15) is 34.3 Å². The normalized spacial score (nSPS) is 11.8. The summed E-state index contributed by atoms with van der Waals surface area (Å²) < 4.78 is 0. The summed E-state index contributed by atoms with van der Waals surface area (Å²) >= 11 is 0. The van der Waals surface area contributed by atoms with E-state index in [9.17, 15) is 19.5 Å². The van der Waals surface area contributed by atoms with Gasteiger partial charge in [0.2, 0.25) is 5.95 Å². The molecule has 0 saturated heterocycles. The average molecular weight is 437 g/mol. The van der Waals surface area contributed by atoms with Crippen molar-refractivity contribution in [2.75, 3.05) is 11.5 Å². The lowest BCUT2D eigenvalue weighted by atomic mass is 10.0. The second-order valence-electron chi connectivity index (χ2n) is 7.31. The van der Waals surface area contributed by atoms with Crippen molar-refractivity contribution < 1.29 is 24.6 Å². The van der Waals surface area contributed by atoms with Gasteiger partial charge in [-0.3, -0.25) is 9.59 Å². The Labute approximate surface area is 183 Å². The number of amides is 1. The maximum Gasteiger partial charge on any atom is 0.326 e. The Morgan fingerprint density at radius 3 is 2.25 bits per heavy atom. The molecule has 0 aliphatic rings. The van der Waals surface area contributed by atoms with Gasteiger partial charge in [0.1, 0.15) is 11.9 Å². The van der Waals surface area contributed by atoms with Crippen LogP contribution >= 0.6 is 0 Å². The summed E-state index contributed by atoms with van der Waals surface area (Å²) in [6, 6.07) is 11.2. The number of rotatable bonds is 9. The summed E-state index contributed by atoms with van der Waals surface area (Å²) in [6.45, 7) is 0. The van der Waals surface area contributed by atoms with Crippen molar-refractivity contribution in [1.29, 1.82) is 0 Å². The molecule has 0 bridgehead atoms. The number of benzene rings is 2. The van der Waals surface area contributed by atoms with Crippen LogP contribution in [0.3, 0.4) is 0 Å². The van der Waals surface area contributed by atoms with E-state index in [0.717, 1.165) is 22.9 Å². The number of aliphatic carboxylic acids is 2. The molecule has 0 spiro atoms. The molecule has 3 aromatic rings. The van der Waals surface area contributed by atoms with Gasteiger partial charge in [-0.15, -0.1) is 0 Å². The van der Waals surface area contributed by atoms with E-state index < -0.39 is 23.9 Å². The lowest BCUT2D eigenvalue weighted by molar-refractivity contribution is -0.140. The molecule has 2 aromatic carbocycles. The molecule has 3 rings (SSSR count). The van der Waals surface area contributed by atoms with Gasteiger partial charge in [0.15, 0.2) is 0 Å². The van der Waals surface area contributed by atoms with Crippen molar-refractivity contribution >= 4 is 40.5 Å². The number of carbonyl (C=O) groups is 3. The first-order valence-electron chi connectivity index (χ1n) is 9.89. The molecular weight excluding hydrogens is 414 g/mol. The van der Waals surface area contributed by atoms with Crippen LogP contribution in [0, 0.1) is 0 Å². The minimum Gasteiger partial charge on any atom is -0.481 e. The molecule has 10 nitrogen and oxygen atoms in total. The monoisotopic (exact) mass is 437 g/mol. The molecule has 1 atom stereocenters. The number of hydrogen-bond donors (Lipinski definition) is 5. The number of nitrogen functional groups attached to an aromatic ring is 2. The molecule has 0 fully saturated rings. The van der Waals surface area contributed by atoms with Crippen LogP contribution in [0.15, 0.2) is 42.5 Å². The number of carboxylic acids is 2. The maximum atomic E-state index is 12.3. The van der Waals surface area contributed by atoms with E-state index in [0.29, 0.717) is 23.3 Å². The Kier molecular flexibility index (Phi) is 6.83. The first kappa shape index (κ1) is 22.5. The summed E-state index contributed by atoms with van der Waals surface area (Å²) in [7, 11) is 0. The number of aryl methyl sites for hydroxylation is 2. The Balaban J connectivity index is 1.62. The molecule has 0 saturated carbocycles. The number of nitrogens with one attached hydrogen (secondary N) is 1. The second-order valence-corrected chi connectivity index (χ2v) is 7.31. The number of anilines is 2. The predicted molar refractivity (Wildman–Crippen MR) is 118 cm³/mol. The molecule has 166 valence electrons. The number of hydrogen-bond acceptors (Lipinski definition) is 7. The topological polar surface area (TPSA) is 182 Å². The third-order valence-corrected chi connectivity index (χ3v) is 4.98. The van der Waals surface area contributed by atoms with Gasteiger partial charge < -0.3 is 27.0 Å². The fourth-order valence-electron chi connectivity index (χ4n) is 3.25. The number of nitrogens with two attached hydrogens (primary N) is 2. The summed E-state index contributed by atoms with van der Waals surface area (Å²) in [6.07, 6.45) is 0.888. The molecule has 10 heteroatoms. The van der Waals surface area contributed by atoms with Crippen LogP contribution in [0.2, 0.25) is 0 Å². The van der Waals surface area contributed by atoms with E-state index in [-0.39, 0.29) is 18.8 Å². The van der Waals surface area contributed by atoms with E-state index in [2.05, 4.69) is 15.3 Å². The van der Waals surface area contributed by atoms with Gasteiger partial charge in [0.25, 0.3) is 5.91 Å². The standard InChI is InChI=1S/C22H23N5O5/c23-19-15-11-13(5-8-16(15)26-22(24)27-19)2-1-12-3-6-14(7-4-12)20(30)25-17(21(31)32)9-10-18(28)29/h3-8,11,17H,1-2,9-10H2,(H,25,30)(H,28,29)(H,31,32)(H4,23,24,26,27)/t17-/m1/s1. The average Bonchev–Trinajstić information content (AvgIpc) is 2.75. The fraction of sp³-hybridized carbons (Fsp3) is 0.227. The Morgan fingerprint density at radius 1 is 0.938 bits per heavy atom. The highest BCUT2D eigenvalue weighted by atomic mass is 16.4. The van der Waals surface area contributed by atoms with Crippen LogP contribution in [0.5, 0.6) is 0 Å². The predicted octanol–water partition coefficient (Wildman–Crippen LogP) is 1.63. The smallest absolute Gasteiger partial charge is 0.326 e. The second kappa shape index (κ2) is 9.73. The summed E-state index contributed by atoms with van der Waals surface area (Å²) in [5.41, 5.74) is 14.6. The van der Waals surface area contributed by atoms with Crippen molar-refractivity contribution in [2.24, 2.45) is 0 Å². The molecule has 7 N–H and O–H groups in total. The Bertz CT molecular complexity index is 1160. The maximum absolute atomic E-state index is 12.3. The molecule has 0 aliphatic heterocycles. The minimum atomic E-state index is -1.28. The highest BCUT2D eigenvalue weighted by Gasteiger charge is 2.21. The van der Waals surface area contributed by atoms with Gasteiger partial charge in [-0.1, -0.05) is 18.2 Å². The summed E-state index contributed by atoms with van der Waals surface area (Å²) in [5, 5.41) is 21.0. The molecule has 1 aromatic heterocycles. The van der Waals surface area contributed by atoms with Crippen molar-refractivity contribution in [3.63, 3.8) is 0 Å². The van der Waals surface area contributed by atoms with Crippen LogP contribution in [-0.4, -0.2) is 44.1 Å². The molecule has 32 heavy (non-hydrogen) atoms. The molecule has 0 unspecified atom stereocenters. The van der Waals surface area contributed by atoms with Gasteiger partial charge >= 0.3 is 11.9 Å². The van der Waals surface area contributed by atoms with E-state index in [1.54, 1.807) is 24.3 Å². The van der Waals surface area contributed by atoms with E-state index in [1.165, 1.54) is 0 Å². The van der Waals surface area contributed by atoms with Crippen molar-refractivity contribution in [3.8, 4) is 0 Å². The fourth-order valence-corrected chi connectivity index (χ4v) is 3.25. The third-order valence-electron chi connectivity index (χ3n) is 4.98. The Morgan fingerprint density at radius 2 is 1.59 bits per heavy atom. The summed E-state index contributed by atoms with van der Waals surface area (Å²) in [4.78, 5) is 42.4. The van der Waals surface area contributed by atoms with Gasteiger partial charge in [-0.2, -0.15) is 4.98 Å². The van der Waals surface area contributed by atoms with Crippen LogP contribution < -0.4 is 16.8 Å². The zero-order valence-corrected chi connectivity index (χ0v) is 17.1. The first-order chi connectivity index (χ1) is 15.2. The van der Waals surface area contributed by atoms with Gasteiger partial charge in [0.05, 0.1) is 5.52 Å². The number of carboxylic acid groups (broad SMARTS) is 2. The lowest BCUT2D eigenvalue weighted by Gasteiger charge is -2.13. The number of fused-ring (bicyclic) bond motifs is 1. The largest absolute Gasteiger partial charge is 0.481 e. The lowest BCUT2D eigenvalue weighted by Crippen LogP contribution is -2.41. The molecule has 1 amide bonds. The number of nitrogens with zero attached hydrogens (tertiary/aromatic N) is 2. The van der Waals surface area contributed by atoms with Crippen molar-refractivity contribution in [2.45, 2.75) is 31.7 Å². The van der Waals surface area contributed by atoms with Gasteiger partial charge in [0, 0.05) is 17.4 Å². The van der Waals surface area contributed by atoms with Gasteiger partial charge in [-0.05, 0) is 54.7 Å². The van der Waals surface area contributed by atoms with Crippen molar-refractivity contribution in [3.05, 3.63) is 59.2 Å². The number of carbonyl (C=O) groups excluding carboxylic acids is 1. The van der Waals surface area contributed by atoms with Gasteiger partial charge in [-0.25, -0.2) is 9.78 Å². The quantitative estimate of drug-likeness (QED) is 0.332. The SMILES string of the molecule is Nc1nc(N)c2cc(CCc3ccc(C(=O)N[C@H](CCC(=O)O)C(=O)O)cc3)ccc2n1. The first-order valence-corrected chi connectivity index (χ1v) is 9.89. The van der Waals surface area contributed by atoms with E-state index in [4.69, 9.17) is 16.6 Å². The molecule has 0 aliphatic carbocycles. The third kappa shape index (κ3) is 5.69. The van der Waals surface area contributed by atoms with Crippen LogP contribution in [0.25, 0.3) is 10.9 Å². The summed E-state index contributed by atoms with van der Waals surface area (Å²) in [5.74, 6) is -2.52. The van der Waals surface area contributed by atoms with Crippen LogP contribution in [-0.2, 0) is 22.4 Å². The zero-order valence-electron chi connectivity index (χ0n) is 17.1. The zero-order chi connectivity index (χ0) is 23.3. The highest BCUT2D eigenvalue weighted by Crippen LogP contribution is 2.21. The van der Waals surface area contributed by atoms with Crippen LogP contribution in [0.4, 0.5) is 11.8 Å².